The van der Waals surface area contributed by atoms with Crippen LogP contribution in [0.25, 0.3) is 11.2 Å². The fourth-order valence-electron chi connectivity index (χ4n) is 4.44. The van der Waals surface area contributed by atoms with Gasteiger partial charge >= 0.3 is 0 Å². The van der Waals surface area contributed by atoms with E-state index in [1.807, 2.05) is 51.5 Å². The number of pyridine rings is 1. The summed E-state index contributed by atoms with van der Waals surface area (Å²) in [6.45, 7) is 1.89. The summed E-state index contributed by atoms with van der Waals surface area (Å²) in [5.74, 6) is 0.729. The van der Waals surface area contributed by atoms with Crippen molar-refractivity contribution in [1.29, 1.82) is 0 Å². The molecule has 0 spiro atoms. The largest absolute Gasteiger partial charge is 0.385 e. The van der Waals surface area contributed by atoms with Gasteiger partial charge < -0.3 is 19.1 Å². The van der Waals surface area contributed by atoms with Crippen molar-refractivity contribution in [1.82, 2.24) is 29.0 Å². The summed E-state index contributed by atoms with van der Waals surface area (Å²) in [5, 5.41) is 10.7. The molecule has 0 bridgehead atoms. The van der Waals surface area contributed by atoms with E-state index in [4.69, 9.17) is 0 Å². The zero-order valence-electron chi connectivity index (χ0n) is 18.0. The molecular formula is C24H26N6O2. The first kappa shape index (κ1) is 20.4. The van der Waals surface area contributed by atoms with Crippen LogP contribution in [0.5, 0.6) is 0 Å². The zero-order valence-corrected chi connectivity index (χ0v) is 18.0. The van der Waals surface area contributed by atoms with Crippen LogP contribution in [0.3, 0.4) is 0 Å². The Balaban J connectivity index is 1.26. The molecule has 1 saturated heterocycles. The molecule has 5 rings (SSSR count). The number of piperidine rings is 1. The fourth-order valence-corrected chi connectivity index (χ4v) is 4.44. The average Bonchev–Trinajstić information content (AvgIpc) is 3.44. The van der Waals surface area contributed by atoms with Gasteiger partial charge in [0.15, 0.2) is 5.65 Å². The van der Waals surface area contributed by atoms with E-state index in [0.29, 0.717) is 36.5 Å². The first-order chi connectivity index (χ1) is 15.6. The molecule has 3 aromatic heterocycles. The normalized spacial score (nSPS) is 15.9. The van der Waals surface area contributed by atoms with Gasteiger partial charge in [-0.2, -0.15) is 0 Å². The van der Waals surface area contributed by atoms with Crippen LogP contribution in [0.4, 0.5) is 0 Å². The Morgan fingerprint density at radius 3 is 2.66 bits per heavy atom. The van der Waals surface area contributed by atoms with Crippen molar-refractivity contribution in [2.24, 2.45) is 13.0 Å². The number of hydrogen-bond acceptors (Lipinski definition) is 5. The number of imidazole rings is 2. The fraction of sp³-hybridized carbons (Fsp3) is 0.333. The van der Waals surface area contributed by atoms with Crippen LogP contribution in [0.2, 0.25) is 0 Å². The number of fused-ring (bicyclic) bond motifs is 1. The third-order valence-corrected chi connectivity index (χ3v) is 6.29. The topological polar surface area (TPSA) is 89.1 Å². The van der Waals surface area contributed by atoms with Gasteiger partial charge in [0.05, 0.1) is 18.4 Å². The summed E-state index contributed by atoms with van der Waals surface area (Å²) in [6, 6.07) is 12.0. The van der Waals surface area contributed by atoms with Gasteiger partial charge in [0.25, 0.3) is 5.91 Å². The molecule has 0 aliphatic carbocycles. The predicted octanol–water partition coefficient (Wildman–Crippen LogP) is 2.80. The van der Waals surface area contributed by atoms with Crippen LogP contribution in [0.15, 0.2) is 61.3 Å². The molecule has 1 fully saturated rings. The summed E-state index contributed by atoms with van der Waals surface area (Å²) in [6.07, 6.45) is 7.80. The van der Waals surface area contributed by atoms with Gasteiger partial charge in [-0.1, -0.05) is 30.3 Å². The van der Waals surface area contributed by atoms with Crippen molar-refractivity contribution < 1.29 is 9.90 Å². The molecule has 4 heterocycles. The van der Waals surface area contributed by atoms with Crippen molar-refractivity contribution in [3.8, 4) is 0 Å². The van der Waals surface area contributed by atoms with Gasteiger partial charge in [-0.3, -0.25) is 4.79 Å². The molecule has 32 heavy (non-hydrogen) atoms. The first-order valence-electron chi connectivity index (χ1n) is 10.9. The lowest BCUT2D eigenvalue weighted by atomic mass is 9.90. The number of aryl methyl sites for hydroxylation is 1. The Morgan fingerprint density at radius 2 is 1.94 bits per heavy atom. The van der Waals surface area contributed by atoms with Crippen molar-refractivity contribution in [3.63, 3.8) is 0 Å². The minimum absolute atomic E-state index is 0.0399. The minimum Gasteiger partial charge on any atom is -0.385 e. The standard InChI is InChI=1S/C24H26N6O2/c1-28-12-9-25-23(28)21(31)18-7-10-29(11-8-18)24(32)19-13-20-22(26-14-19)30(16-27-20)15-17-5-3-2-4-6-17/h2-6,9,12-14,16,18,21,31H,7-8,10-11,15H2,1H3. The van der Waals surface area contributed by atoms with Crippen molar-refractivity contribution >= 4 is 17.1 Å². The number of benzene rings is 1. The number of rotatable bonds is 5. The monoisotopic (exact) mass is 430 g/mol. The van der Waals surface area contributed by atoms with Crippen LogP contribution >= 0.6 is 0 Å². The van der Waals surface area contributed by atoms with Gasteiger partial charge in [-0.05, 0) is 30.4 Å². The molecule has 0 saturated carbocycles. The Hall–Kier alpha value is -3.52. The Labute approximate surface area is 186 Å². The zero-order chi connectivity index (χ0) is 22.1. The SMILES string of the molecule is Cn1ccnc1C(O)C1CCN(C(=O)c2cnc3c(c2)ncn3Cc2ccccc2)CC1. The van der Waals surface area contributed by atoms with E-state index in [2.05, 4.69) is 27.1 Å². The average molecular weight is 431 g/mol. The molecule has 1 amide bonds. The van der Waals surface area contributed by atoms with Crippen molar-refractivity contribution in [2.45, 2.75) is 25.5 Å². The van der Waals surface area contributed by atoms with E-state index in [1.54, 1.807) is 18.7 Å². The van der Waals surface area contributed by atoms with Gasteiger partial charge in [-0.15, -0.1) is 0 Å². The summed E-state index contributed by atoms with van der Waals surface area (Å²) in [7, 11) is 1.88. The lowest BCUT2D eigenvalue weighted by Gasteiger charge is -2.34. The summed E-state index contributed by atoms with van der Waals surface area (Å²) < 4.78 is 3.84. The Bertz CT molecular complexity index is 1220. The maximum Gasteiger partial charge on any atom is 0.255 e. The lowest BCUT2D eigenvalue weighted by molar-refractivity contribution is 0.0420. The van der Waals surface area contributed by atoms with E-state index in [-0.39, 0.29) is 11.8 Å². The molecule has 0 radical (unpaired) electrons. The first-order valence-corrected chi connectivity index (χ1v) is 10.9. The highest BCUT2D eigenvalue weighted by atomic mass is 16.3. The van der Waals surface area contributed by atoms with Crippen molar-refractivity contribution in [2.75, 3.05) is 13.1 Å². The molecule has 1 aliphatic heterocycles. The number of carbonyl (C=O) groups excluding carboxylic acids is 1. The number of carbonyl (C=O) groups is 1. The molecule has 8 heteroatoms. The quantitative estimate of drug-likeness (QED) is 0.526. The molecule has 1 N–H and O–H groups in total. The highest BCUT2D eigenvalue weighted by Crippen LogP contribution is 2.30. The number of hydrogen-bond donors (Lipinski definition) is 1. The lowest BCUT2D eigenvalue weighted by Crippen LogP contribution is -2.40. The third-order valence-electron chi connectivity index (χ3n) is 6.29. The van der Waals surface area contributed by atoms with Gasteiger partial charge in [0.1, 0.15) is 17.4 Å². The maximum atomic E-state index is 13.1. The molecule has 8 nitrogen and oxygen atoms in total. The van der Waals surface area contributed by atoms with Gasteiger partial charge in [0, 0.05) is 38.7 Å². The summed E-state index contributed by atoms with van der Waals surface area (Å²) >= 11 is 0. The summed E-state index contributed by atoms with van der Waals surface area (Å²) in [5.41, 5.74) is 3.20. The highest BCUT2D eigenvalue weighted by Gasteiger charge is 2.30. The van der Waals surface area contributed by atoms with Crippen molar-refractivity contribution in [3.05, 3.63) is 78.3 Å². The minimum atomic E-state index is -0.612. The van der Waals surface area contributed by atoms with Gasteiger partial charge in [0.2, 0.25) is 0 Å². The molecule has 164 valence electrons. The van der Waals surface area contributed by atoms with Crippen LogP contribution < -0.4 is 0 Å². The second kappa shape index (κ2) is 8.55. The van der Waals surface area contributed by atoms with Gasteiger partial charge in [-0.25, -0.2) is 15.0 Å². The maximum absolute atomic E-state index is 13.1. The second-order valence-electron chi connectivity index (χ2n) is 8.40. The Morgan fingerprint density at radius 1 is 1.16 bits per heavy atom. The number of nitrogens with zero attached hydrogens (tertiary/aromatic N) is 6. The number of likely N-dealkylation sites (tertiary alicyclic amines) is 1. The van der Waals surface area contributed by atoms with E-state index < -0.39 is 6.10 Å². The number of aliphatic hydroxyl groups excluding tert-OH is 1. The second-order valence-corrected chi connectivity index (χ2v) is 8.40. The van der Waals surface area contributed by atoms with E-state index in [0.717, 1.165) is 18.5 Å². The van der Waals surface area contributed by atoms with Crippen LogP contribution in [-0.2, 0) is 13.6 Å². The number of aliphatic hydroxyl groups is 1. The van der Waals surface area contributed by atoms with Crippen LogP contribution in [0.1, 0.15) is 40.7 Å². The number of aromatic nitrogens is 5. The smallest absolute Gasteiger partial charge is 0.255 e. The van der Waals surface area contributed by atoms with Crippen LogP contribution in [0, 0.1) is 5.92 Å². The molecule has 4 aromatic rings. The van der Waals surface area contributed by atoms with E-state index in [1.165, 1.54) is 5.56 Å². The molecule has 1 aromatic carbocycles. The van der Waals surface area contributed by atoms with E-state index in [9.17, 15) is 9.90 Å². The molecule has 1 aliphatic rings. The van der Waals surface area contributed by atoms with E-state index >= 15 is 0 Å². The third kappa shape index (κ3) is 3.89. The number of amides is 1. The molecule has 1 unspecified atom stereocenters. The van der Waals surface area contributed by atoms with Crippen LogP contribution in [-0.4, -0.2) is 53.1 Å². The highest BCUT2D eigenvalue weighted by molar-refractivity contribution is 5.96. The molecular weight excluding hydrogens is 404 g/mol. The Kier molecular flexibility index (Phi) is 5.45. The predicted molar refractivity (Wildman–Crippen MR) is 120 cm³/mol. The molecule has 1 atom stereocenters. The summed E-state index contributed by atoms with van der Waals surface area (Å²) in [4.78, 5) is 28.2.